The molecule has 3 rings (SSSR count). The normalized spacial score (nSPS) is 19.6. The Hall–Kier alpha value is -1.26. The largest absolute Gasteiger partial charge is 0.497 e. The maximum atomic E-state index is 10.1. The van der Waals surface area contributed by atoms with Crippen LogP contribution in [-0.2, 0) is 0 Å². The molecule has 116 valence electrons. The van der Waals surface area contributed by atoms with Crippen molar-refractivity contribution in [3.05, 3.63) is 24.3 Å². The number of aliphatic hydroxyl groups excluding tert-OH is 1. The number of hydrogen-bond acceptors (Lipinski definition) is 4. The molecule has 0 bridgehead atoms. The van der Waals surface area contributed by atoms with Crippen molar-refractivity contribution in [2.75, 3.05) is 20.3 Å². The molecule has 2 saturated carbocycles. The van der Waals surface area contributed by atoms with Crippen LogP contribution in [0.4, 0.5) is 0 Å². The summed E-state index contributed by atoms with van der Waals surface area (Å²) in [4.78, 5) is 0. The Morgan fingerprint density at radius 3 is 2.19 bits per heavy atom. The van der Waals surface area contributed by atoms with E-state index in [-0.39, 0.29) is 0 Å². The highest BCUT2D eigenvalue weighted by atomic mass is 16.5. The van der Waals surface area contributed by atoms with Crippen LogP contribution in [0.2, 0.25) is 0 Å². The topological polar surface area (TPSA) is 50.7 Å². The zero-order valence-electron chi connectivity index (χ0n) is 12.6. The molecule has 2 N–H and O–H groups in total. The minimum atomic E-state index is -0.466. The third-order valence-corrected chi connectivity index (χ3v) is 4.35. The molecule has 2 aliphatic carbocycles. The number of aliphatic hydroxyl groups is 1. The molecule has 1 atom stereocenters. The van der Waals surface area contributed by atoms with Crippen LogP contribution in [0, 0.1) is 11.8 Å². The molecule has 1 aromatic rings. The van der Waals surface area contributed by atoms with Gasteiger partial charge in [-0.2, -0.15) is 0 Å². The van der Waals surface area contributed by atoms with Gasteiger partial charge >= 0.3 is 0 Å². The van der Waals surface area contributed by atoms with Gasteiger partial charge in [0, 0.05) is 12.6 Å². The molecule has 21 heavy (non-hydrogen) atoms. The number of rotatable bonds is 9. The third kappa shape index (κ3) is 4.35. The summed E-state index contributed by atoms with van der Waals surface area (Å²) in [5.74, 6) is 3.27. The molecular weight excluding hydrogens is 266 g/mol. The van der Waals surface area contributed by atoms with Crippen molar-refractivity contribution < 1.29 is 14.6 Å². The number of nitrogens with one attached hydrogen (secondary N) is 1. The Morgan fingerprint density at radius 1 is 1.10 bits per heavy atom. The SMILES string of the molecule is COc1ccc(OCC(O)CNC(C2CC2)C2CC2)cc1. The van der Waals surface area contributed by atoms with Crippen LogP contribution in [0.5, 0.6) is 11.5 Å². The Labute approximate surface area is 126 Å². The summed E-state index contributed by atoms with van der Waals surface area (Å²) in [7, 11) is 1.64. The zero-order chi connectivity index (χ0) is 14.7. The van der Waals surface area contributed by atoms with Gasteiger partial charge in [0.15, 0.2) is 0 Å². The van der Waals surface area contributed by atoms with E-state index in [0.29, 0.717) is 19.2 Å². The van der Waals surface area contributed by atoms with E-state index < -0.39 is 6.10 Å². The van der Waals surface area contributed by atoms with Crippen LogP contribution in [0.25, 0.3) is 0 Å². The third-order valence-electron chi connectivity index (χ3n) is 4.35. The molecule has 0 amide bonds. The molecule has 0 radical (unpaired) electrons. The van der Waals surface area contributed by atoms with Crippen LogP contribution in [0.1, 0.15) is 25.7 Å². The predicted octanol–water partition coefficient (Wildman–Crippen LogP) is 2.21. The monoisotopic (exact) mass is 291 g/mol. The van der Waals surface area contributed by atoms with Gasteiger partial charge in [-0.1, -0.05) is 0 Å². The maximum absolute atomic E-state index is 10.1. The smallest absolute Gasteiger partial charge is 0.119 e. The highest BCUT2D eigenvalue weighted by Gasteiger charge is 2.41. The van der Waals surface area contributed by atoms with Crippen molar-refractivity contribution >= 4 is 0 Å². The lowest BCUT2D eigenvalue weighted by molar-refractivity contribution is 0.101. The molecule has 1 unspecified atom stereocenters. The van der Waals surface area contributed by atoms with E-state index in [2.05, 4.69) is 5.32 Å². The van der Waals surface area contributed by atoms with Crippen molar-refractivity contribution in [3.8, 4) is 11.5 Å². The lowest BCUT2D eigenvalue weighted by Crippen LogP contribution is -2.40. The minimum Gasteiger partial charge on any atom is -0.497 e. The fraction of sp³-hybridized carbons (Fsp3) is 0.647. The number of methoxy groups -OCH3 is 1. The predicted molar refractivity (Wildman–Crippen MR) is 81.7 cm³/mol. The summed E-state index contributed by atoms with van der Waals surface area (Å²) >= 11 is 0. The molecule has 0 aromatic heterocycles. The quantitative estimate of drug-likeness (QED) is 0.732. The second kappa shape index (κ2) is 6.67. The molecule has 0 spiro atoms. The van der Waals surface area contributed by atoms with Gasteiger partial charge in [0.2, 0.25) is 0 Å². The molecular formula is C17H25NO3. The molecule has 2 aliphatic rings. The van der Waals surface area contributed by atoms with Gasteiger partial charge in [-0.05, 0) is 61.8 Å². The Morgan fingerprint density at radius 2 is 1.67 bits per heavy atom. The zero-order valence-corrected chi connectivity index (χ0v) is 12.6. The molecule has 4 heteroatoms. The summed E-state index contributed by atoms with van der Waals surface area (Å²) in [5.41, 5.74) is 0. The molecule has 0 aliphatic heterocycles. The van der Waals surface area contributed by atoms with Gasteiger partial charge in [0.25, 0.3) is 0 Å². The van der Waals surface area contributed by atoms with Crippen molar-refractivity contribution in [1.82, 2.24) is 5.32 Å². The molecule has 2 fully saturated rings. The van der Waals surface area contributed by atoms with Gasteiger partial charge < -0.3 is 19.9 Å². The average molecular weight is 291 g/mol. The first-order valence-electron chi connectivity index (χ1n) is 7.94. The Kier molecular flexibility index (Phi) is 4.66. The minimum absolute atomic E-state index is 0.321. The van der Waals surface area contributed by atoms with E-state index in [0.717, 1.165) is 23.3 Å². The lowest BCUT2D eigenvalue weighted by Gasteiger charge is -2.20. The van der Waals surface area contributed by atoms with E-state index in [4.69, 9.17) is 9.47 Å². The number of benzene rings is 1. The van der Waals surface area contributed by atoms with Crippen LogP contribution in [0.3, 0.4) is 0 Å². The van der Waals surface area contributed by atoms with E-state index in [1.54, 1.807) is 7.11 Å². The molecule has 1 aromatic carbocycles. The maximum Gasteiger partial charge on any atom is 0.119 e. The first-order valence-corrected chi connectivity index (χ1v) is 7.94. The summed E-state index contributed by atoms with van der Waals surface area (Å²) in [6, 6.07) is 8.05. The number of ether oxygens (including phenoxy) is 2. The van der Waals surface area contributed by atoms with Crippen LogP contribution in [0.15, 0.2) is 24.3 Å². The van der Waals surface area contributed by atoms with Gasteiger partial charge in [-0.3, -0.25) is 0 Å². The van der Waals surface area contributed by atoms with E-state index in [9.17, 15) is 5.11 Å². The molecule has 0 heterocycles. The lowest BCUT2D eigenvalue weighted by atomic mass is 10.1. The summed E-state index contributed by atoms with van der Waals surface area (Å²) in [5, 5.41) is 13.6. The van der Waals surface area contributed by atoms with E-state index >= 15 is 0 Å². The molecule has 4 nitrogen and oxygen atoms in total. The van der Waals surface area contributed by atoms with Crippen molar-refractivity contribution in [2.24, 2.45) is 11.8 Å². The van der Waals surface area contributed by atoms with Crippen LogP contribution in [-0.4, -0.2) is 37.5 Å². The highest BCUT2D eigenvalue weighted by molar-refractivity contribution is 5.31. The van der Waals surface area contributed by atoms with Crippen LogP contribution >= 0.6 is 0 Å². The second-order valence-electron chi connectivity index (χ2n) is 6.25. The van der Waals surface area contributed by atoms with E-state index in [1.807, 2.05) is 24.3 Å². The fourth-order valence-corrected chi connectivity index (χ4v) is 2.82. The second-order valence-corrected chi connectivity index (χ2v) is 6.25. The Balaban J connectivity index is 1.38. The first kappa shape index (κ1) is 14.7. The van der Waals surface area contributed by atoms with Crippen molar-refractivity contribution in [1.29, 1.82) is 0 Å². The summed E-state index contributed by atoms with van der Waals surface area (Å²) in [6.45, 7) is 0.940. The van der Waals surface area contributed by atoms with Crippen LogP contribution < -0.4 is 14.8 Å². The fourth-order valence-electron chi connectivity index (χ4n) is 2.82. The van der Waals surface area contributed by atoms with Crippen molar-refractivity contribution in [3.63, 3.8) is 0 Å². The summed E-state index contributed by atoms with van der Waals surface area (Å²) < 4.78 is 10.7. The van der Waals surface area contributed by atoms with E-state index in [1.165, 1.54) is 25.7 Å². The van der Waals surface area contributed by atoms with Gasteiger partial charge in [0.05, 0.1) is 7.11 Å². The Bertz CT molecular complexity index is 428. The van der Waals surface area contributed by atoms with Gasteiger partial charge in [-0.15, -0.1) is 0 Å². The summed E-state index contributed by atoms with van der Waals surface area (Å²) in [6.07, 6.45) is 4.95. The number of hydrogen-bond donors (Lipinski definition) is 2. The molecule has 0 saturated heterocycles. The van der Waals surface area contributed by atoms with Gasteiger partial charge in [0.1, 0.15) is 24.2 Å². The van der Waals surface area contributed by atoms with Crippen molar-refractivity contribution in [2.45, 2.75) is 37.8 Å². The highest BCUT2D eigenvalue weighted by Crippen LogP contribution is 2.44. The standard InChI is InChI=1S/C17H25NO3/c1-20-15-6-8-16(9-7-15)21-11-14(19)10-18-17(12-2-3-12)13-4-5-13/h6-9,12-14,17-19H,2-5,10-11H2,1H3. The first-order chi connectivity index (χ1) is 10.3. The average Bonchev–Trinajstić information content (AvgIpc) is 3.38. The van der Waals surface area contributed by atoms with Gasteiger partial charge in [-0.25, -0.2) is 0 Å².